The summed E-state index contributed by atoms with van der Waals surface area (Å²) in [4.78, 5) is 23.0. The predicted molar refractivity (Wildman–Crippen MR) is 126 cm³/mol. The second-order valence-electron chi connectivity index (χ2n) is 8.23. The Morgan fingerprint density at radius 1 is 0.742 bits per heavy atom. The van der Waals surface area contributed by atoms with E-state index in [1.807, 2.05) is 0 Å². The van der Waals surface area contributed by atoms with Gasteiger partial charge in [0.2, 0.25) is 11.8 Å². The van der Waals surface area contributed by atoms with Crippen LogP contribution in [0, 0.1) is 0 Å². The van der Waals surface area contributed by atoms with Gasteiger partial charge in [0.05, 0.1) is 4.90 Å². The van der Waals surface area contributed by atoms with Crippen LogP contribution in [0.1, 0.15) is 104 Å². The highest BCUT2D eigenvalue weighted by Crippen LogP contribution is 2.15. The number of benzene rings is 1. The van der Waals surface area contributed by atoms with Gasteiger partial charge in [-0.2, -0.15) is 0 Å². The lowest BCUT2D eigenvalue weighted by molar-refractivity contribution is -0.119. The van der Waals surface area contributed by atoms with Crippen LogP contribution in [-0.4, -0.2) is 20.2 Å². The van der Waals surface area contributed by atoms with Crippen molar-refractivity contribution in [2.45, 2.75) is 109 Å². The minimum Gasteiger partial charge on any atom is -0.326 e. The number of sulfonamides is 1. The average Bonchev–Trinajstić information content (AvgIpc) is 2.71. The van der Waals surface area contributed by atoms with Gasteiger partial charge in [-0.1, -0.05) is 84.0 Å². The second kappa shape index (κ2) is 15.8. The molecule has 0 fully saturated rings. The van der Waals surface area contributed by atoms with Crippen LogP contribution in [-0.2, 0) is 19.6 Å². The van der Waals surface area contributed by atoms with Crippen LogP contribution in [0.25, 0.3) is 0 Å². The molecule has 0 aromatic heterocycles. The van der Waals surface area contributed by atoms with Crippen LogP contribution >= 0.6 is 0 Å². The SMILES string of the molecule is CCCCCCCCCCCCCCCC(=O)NS(=O)(=O)c1ccc(NC(C)=O)cc1. The summed E-state index contributed by atoms with van der Waals surface area (Å²) < 4.78 is 26.7. The Labute approximate surface area is 188 Å². The van der Waals surface area contributed by atoms with Gasteiger partial charge in [0, 0.05) is 19.0 Å². The Bertz CT molecular complexity index is 745. The zero-order valence-corrected chi connectivity index (χ0v) is 20.1. The van der Waals surface area contributed by atoms with E-state index in [0.29, 0.717) is 12.1 Å². The first-order valence-corrected chi connectivity index (χ1v) is 13.3. The quantitative estimate of drug-likeness (QED) is 0.286. The normalized spacial score (nSPS) is 11.3. The Hall–Kier alpha value is -1.89. The third kappa shape index (κ3) is 13.2. The predicted octanol–water partition coefficient (Wildman–Crippen LogP) is 5.93. The summed E-state index contributed by atoms with van der Waals surface area (Å²) in [5.74, 6) is -0.712. The van der Waals surface area contributed by atoms with Crippen molar-refractivity contribution < 1.29 is 18.0 Å². The average molecular weight is 453 g/mol. The summed E-state index contributed by atoms with van der Waals surface area (Å²) >= 11 is 0. The molecule has 0 bridgehead atoms. The van der Waals surface area contributed by atoms with Crippen molar-refractivity contribution in [3.8, 4) is 0 Å². The molecule has 0 unspecified atom stereocenters. The van der Waals surface area contributed by atoms with E-state index in [4.69, 9.17) is 0 Å². The minimum atomic E-state index is -3.88. The van der Waals surface area contributed by atoms with E-state index in [9.17, 15) is 18.0 Å². The van der Waals surface area contributed by atoms with Crippen molar-refractivity contribution in [3.05, 3.63) is 24.3 Å². The molecule has 0 radical (unpaired) electrons. The molecule has 2 N–H and O–H groups in total. The number of rotatable bonds is 17. The number of anilines is 1. The molecule has 31 heavy (non-hydrogen) atoms. The number of unbranched alkanes of at least 4 members (excludes halogenated alkanes) is 12. The molecular weight excluding hydrogens is 412 g/mol. The molecule has 0 aliphatic rings. The summed E-state index contributed by atoms with van der Waals surface area (Å²) in [6.45, 7) is 3.62. The molecule has 0 spiro atoms. The highest BCUT2D eigenvalue weighted by Gasteiger charge is 2.17. The van der Waals surface area contributed by atoms with E-state index >= 15 is 0 Å². The van der Waals surface area contributed by atoms with Gasteiger partial charge in [-0.25, -0.2) is 13.1 Å². The van der Waals surface area contributed by atoms with Gasteiger partial charge in [0.15, 0.2) is 0 Å². The number of hydrogen-bond donors (Lipinski definition) is 2. The van der Waals surface area contributed by atoms with Gasteiger partial charge in [-0.05, 0) is 30.7 Å². The van der Waals surface area contributed by atoms with Crippen LogP contribution < -0.4 is 10.0 Å². The first-order valence-electron chi connectivity index (χ1n) is 11.8. The van der Waals surface area contributed by atoms with Crippen LogP contribution in [0.2, 0.25) is 0 Å². The standard InChI is InChI=1S/C24H40N2O4S/c1-3-4-5-6-7-8-9-10-11-12-13-14-15-16-24(28)26-31(29,30)23-19-17-22(18-20-23)25-21(2)27/h17-20H,3-16H2,1-2H3,(H,25,27)(H,26,28). The summed E-state index contributed by atoms with van der Waals surface area (Å²) in [7, 11) is -3.88. The van der Waals surface area contributed by atoms with E-state index in [1.54, 1.807) is 0 Å². The lowest BCUT2D eigenvalue weighted by Gasteiger charge is -2.08. The van der Waals surface area contributed by atoms with Crippen LogP contribution in [0.15, 0.2) is 29.2 Å². The van der Waals surface area contributed by atoms with Crippen molar-refractivity contribution in [1.29, 1.82) is 0 Å². The molecule has 1 rings (SSSR count). The monoisotopic (exact) mass is 452 g/mol. The van der Waals surface area contributed by atoms with Crippen molar-refractivity contribution in [1.82, 2.24) is 4.72 Å². The fourth-order valence-electron chi connectivity index (χ4n) is 3.48. The maximum atomic E-state index is 12.3. The molecule has 0 aliphatic carbocycles. The Kier molecular flexibility index (Phi) is 13.9. The van der Waals surface area contributed by atoms with Gasteiger partial charge in [0.25, 0.3) is 10.0 Å². The minimum absolute atomic E-state index is 0.000292. The van der Waals surface area contributed by atoms with E-state index < -0.39 is 15.9 Å². The molecule has 0 aliphatic heterocycles. The first kappa shape index (κ1) is 27.1. The van der Waals surface area contributed by atoms with Gasteiger partial charge in [-0.3, -0.25) is 9.59 Å². The molecule has 0 heterocycles. The molecule has 7 heteroatoms. The third-order valence-corrected chi connectivity index (χ3v) is 6.63. The Morgan fingerprint density at radius 2 is 1.19 bits per heavy atom. The zero-order valence-electron chi connectivity index (χ0n) is 19.3. The molecule has 176 valence electrons. The topological polar surface area (TPSA) is 92.3 Å². The molecular formula is C24H40N2O4S. The number of nitrogens with one attached hydrogen (secondary N) is 2. The molecule has 2 amide bonds. The first-order chi connectivity index (χ1) is 14.8. The van der Waals surface area contributed by atoms with E-state index in [0.717, 1.165) is 12.8 Å². The van der Waals surface area contributed by atoms with E-state index in [1.165, 1.54) is 95.4 Å². The molecule has 0 atom stereocenters. The second-order valence-corrected chi connectivity index (χ2v) is 9.91. The summed E-state index contributed by atoms with van der Waals surface area (Å²) in [6, 6.07) is 5.72. The van der Waals surface area contributed by atoms with Crippen LogP contribution in [0.4, 0.5) is 5.69 Å². The summed E-state index contributed by atoms with van der Waals surface area (Å²) in [5, 5.41) is 2.57. The fraction of sp³-hybridized carbons (Fsp3) is 0.667. The van der Waals surface area contributed by atoms with E-state index in [-0.39, 0.29) is 17.2 Å². The number of hydrogen-bond acceptors (Lipinski definition) is 4. The van der Waals surface area contributed by atoms with Gasteiger partial charge in [-0.15, -0.1) is 0 Å². The lowest BCUT2D eigenvalue weighted by Crippen LogP contribution is -2.30. The maximum Gasteiger partial charge on any atom is 0.264 e. The molecule has 1 aromatic carbocycles. The van der Waals surface area contributed by atoms with Crippen molar-refractivity contribution in [2.75, 3.05) is 5.32 Å². The highest BCUT2D eigenvalue weighted by molar-refractivity contribution is 7.90. The van der Waals surface area contributed by atoms with Crippen molar-refractivity contribution in [3.63, 3.8) is 0 Å². The summed E-state index contributed by atoms with van der Waals surface area (Å²) in [6.07, 6.45) is 16.0. The number of carbonyl (C=O) groups excluding carboxylic acids is 2. The van der Waals surface area contributed by atoms with E-state index in [2.05, 4.69) is 17.0 Å². The molecule has 0 saturated heterocycles. The Morgan fingerprint density at radius 3 is 1.65 bits per heavy atom. The van der Waals surface area contributed by atoms with Gasteiger partial charge < -0.3 is 5.32 Å². The molecule has 1 aromatic rings. The van der Waals surface area contributed by atoms with Crippen LogP contribution in [0.5, 0.6) is 0 Å². The lowest BCUT2D eigenvalue weighted by atomic mass is 10.0. The summed E-state index contributed by atoms with van der Waals surface area (Å²) in [5.41, 5.74) is 0.504. The smallest absolute Gasteiger partial charge is 0.264 e. The third-order valence-electron chi connectivity index (χ3n) is 5.24. The molecule has 6 nitrogen and oxygen atoms in total. The largest absolute Gasteiger partial charge is 0.326 e. The van der Waals surface area contributed by atoms with Gasteiger partial charge >= 0.3 is 0 Å². The number of carbonyl (C=O) groups is 2. The zero-order chi connectivity index (χ0) is 23.0. The number of amides is 2. The Balaban J connectivity index is 2.11. The fourth-order valence-corrected chi connectivity index (χ4v) is 4.50. The van der Waals surface area contributed by atoms with Crippen molar-refractivity contribution in [2.24, 2.45) is 0 Å². The highest BCUT2D eigenvalue weighted by atomic mass is 32.2. The van der Waals surface area contributed by atoms with Gasteiger partial charge in [0.1, 0.15) is 0 Å². The van der Waals surface area contributed by atoms with Crippen LogP contribution in [0.3, 0.4) is 0 Å². The molecule has 0 saturated carbocycles. The van der Waals surface area contributed by atoms with Crippen molar-refractivity contribution >= 4 is 27.5 Å². The maximum absolute atomic E-state index is 12.3.